The maximum atomic E-state index is 5.87. The lowest BCUT2D eigenvalue weighted by Gasteiger charge is -2.08. The van der Waals surface area contributed by atoms with E-state index in [1.54, 1.807) is 11.3 Å². The molecule has 0 atom stereocenters. The Hall–Kier alpha value is -0.840. The van der Waals surface area contributed by atoms with Crippen LogP contribution in [0.25, 0.3) is 0 Å². The number of nitrogens with two attached hydrogens (primary N) is 1. The standard InChI is InChI=1S/C13H15BrN2S/c1-9-10(3-2-4-12(9)15)7-16-8-11-5-6-13(14)17-11/h2-6,16H,7-8,15H2,1H3. The molecule has 0 saturated carbocycles. The lowest BCUT2D eigenvalue weighted by molar-refractivity contribution is 0.698. The van der Waals surface area contributed by atoms with Crippen molar-refractivity contribution in [2.75, 3.05) is 5.73 Å². The Balaban J connectivity index is 1.92. The van der Waals surface area contributed by atoms with Crippen LogP contribution in [0.5, 0.6) is 0 Å². The van der Waals surface area contributed by atoms with E-state index in [0.29, 0.717) is 0 Å². The number of hydrogen-bond donors (Lipinski definition) is 2. The van der Waals surface area contributed by atoms with Gasteiger partial charge in [-0.2, -0.15) is 0 Å². The molecule has 3 N–H and O–H groups in total. The summed E-state index contributed by atoms with van der Waals surface area (Å²) in [5, 5.41) is 3.43. The van der Waals surface area contributed by atoms with Gasteiger partial charge in [-0.1, -0.05) is 12.1 Å². The van der Waals surface area contributed by atoms with Gasteiger partial charge in [-0.3, -0.25) is 0 Å². The van der Waals surface area contributed by atoms with Gasteiger partial charge in [0.2, 0.25) is 0 Å². The molecule has 17 heavy (non-hydrogen) atoms. The third-order valence-electron chi connectivity index (χ3n) is 2.73. The molecule has 90 valence electrons. The van der Waals surface area contributed by atoms with Gasteiger partial charge in [0.05, 0.1) is 3.79 Å². The first kappa shape index (κ1) is 12.6. The highest BCUT2D eigenvalue weighted by Crippen LogP contribution is 2.22. The molecule has 0 aliphatic rings. The number of nitrogens with one attached hydrogen (secondary N) is 1. The van der Waals surface area contributed by atoms with Crippen LogP contribution in [0.4, 0.5) is 5.69 Å². The van der Waals surface area contributed by atoms with E-state index in [0.717, 1.165) is 18.8 Å². The highest BCUT2D eigenvalue weighted by molar-refractivity contribution is 9.11. The van der Waals surface area contributed by atoms with E-state index < -0.39 is 0 Å². The van der Waals surface area contributed by atoms with Crippen molar-refractivity contribution in [2.45, 2.75) is 20.0 Å². The molecule has 0 fully saturated rings. The predicted molar refractivity (Wildman–Crippen MR) is 78.2 cm³/mol. The number of benzene rings is 1. The number of rotatable bonds is 4. The molecule has 0 saturated heterocycles. The van der Waals surface area contributed by atoms with Crippen LogP contribution in [0.15, 0.2) is 34.1 Å². The minimum atomic E-state index is 0.854. The van der Waals surface area contributed by atoms with Crippen LogP contribution < -0.4 is 11.1 Å². The Bertz CT molecular complexity index is 508. The lowest BCUT2D eigenvalue weighted by atomic mass is 10.1. The third-order valence-corrected chi connectivity index (χ3v) is 4.36. The fourth-order valence-electron chi connectivity index (χ4n) is 1.66. The second-order valence-corrected chi connectivity index (χ2v) is 6.49. The lowest BCUT2D eigenvalue weighted by Crippen LogP contribution is -2.13. The summed E-state index contributed by atoms with van der Waals surface area (Å²) in [6, 6.07) is 10.3. The summed E-state index contributed by atoms with van der Waals surface area (Å²) in [5.41, 5.74) is 9.18. The fourth-order valence-corrected chi connectivity index (χ4v) is 3.11. The molecule has 0 unspecified atom stereocenters. The highest BCUT2D eigenvalue weighted by atomic mass is 79.9. The monoisotopic (exact) mass is 310 g/mol. The molecule has 0 aliphatic carbocycles. The third kappa shape index (κ3) is 3.31. The zero-order chi connectivity index (χ0) is 12.3. The molecular weight excluding hydrogens is 296 g/mol. The normalized spacial score (nSPS) is 10.7. The zero-order valence-corrected chi connectivity index (χ0v) is 12.1. The molecule has 0 radical (unpaired) electrons. The minimum absolute atomic E-state index is 0.854. The summed E-state index contributed by atoms with van der Waals surface area (Å²) < 4.78 is 1.18. The highest BCUT2D eigenvalue weighted by Gasteiger charge is 2.01. The molecular formula is C13H15BrN2S. The molecule has 2 rings (SSSR count). The van der Waals surface area contributed by atoms with Gasteiger partial charge in [0, 0.05) is 23.7 Å². The van der Waals surface area contributed by atoms with Crippen LogP contribution >= 0.6 is 27.3 Å². The van der Waals surface area contributed by atoms with Crippen LogP contribution in [0, 0.1) is 6.92 Å². The summed E-state index contributed by atoms with van der Waals surface area (Å²) in [6.45, 7) is 3.81. The SMILES string of the molecule is Cc1c(N)cccc1CNCc1ccc(Br)s1. The Morgan fingerprint density at radius 1 is 1.24 bits per heavy atom. The first-order chi connectivity index (χ1) is 8.16. The van der Waals surface area contributed by atoms with Gasteiger partial charge in [0.15, 0.2) is 0 Å². The summed E-state index contributed by atoms with van der Waals surface area (Å²) in [7, 11) is 0. The quantitative estimate of drug-likeness (QED) is 0.845. The van der Waals surface area contributed by atoms with Crippen molar-refractivity contribution in [1.82, 2.24) is 5.32 Å². The second kappa shape index (κ2) is 5.67. The summed E-state index contributed by atoms with van der Waals surface area (Å²) in [6.07, 6.45) is 0. The van der Waals surface area contributed by atoms with Crippen molar-refractivity contribution in [1.29, 1.82) is 0 Å². The number of anilines is 1. The molecule has 1 aromatic carbocycles. The van der Waals surface area contributed by atoms with E-state index >= 15 is 0 Å². The summed E-state index contributed by atoms with van der Waals surface area (Å²) >= 11 is 5.22. The van der Waals surface area contributed by atoms with Crippen LogP contribution in [0.3, 0.4) is 0 Å². The van der Waals surface area contributed by atoms with Crippen LogP contribution in [0.2, 0.25) is 0 Å². The van der Waals surface area contributed by atoms with Crippen molar-refractivity contribution in [3.05, 3.63) is 50.1 Å². The Morgan fingerprint density at radius 2 is 2.06 bits per heavy atom. The molecule has 0 aliphatic heterocycles. The fraction of sp³-hybridized carbons (Fsp3) is 0.231. The minimum Gasteiger partial charge on any atom is -0.399 e. The summed E-state index contributed by atoms with van der Waals surface area (Å²) in [4.78, 5) is 1.33. The molecule has 0 spiro atoms. The van der Waals surface area contributed by atoms with Crippen molar-refractivity contribution in [3.63, 3.8) is 0 Å². The zero-order valence-electron chi connectivity index (χ0n) is 9.66. The Morgan fingerprint density at radius 3 is 2.76 bits per heavy atom. The van der Waals surface area contributed by atoms with Crippen molar-refractivity contribution in [3.8, 4) is 0 Å². The Kier molecular flexibility index (Phi) is 4.20. The molecule has 2 aromatic rings. The van der Waals surface area contributed by atoms with Crippen molar-refractivity contribution in [2.24, 2.45) is 0 Å². The molecule has 0 amide bonds. The molecule has 0 bridgehead atoms. The van der Waals surface area contributed by atoms with E-state index in [1.165, 1.54) is 19.8 Å². The van der Waals surface area contributed by atoms with E-state index in [-0.39, 0.29) is 0 Å². The number of thiophene rings is 1. The molecule has 1 heterocycles. The topological polar surface area (TPSA) is 38.0 Å². The largest absolute Gasteiger partial charge is 0.399 e. The van der Waals surface area contributed by atoms with Gasteiger partial charge in [0.25, 0.3) is 0 Å². The average molecular weight is 311 g/mol. The first-order valence-corrected chi connectivity index (χ1v) is 7.06. The van der Waals surface area contributed by atoms with Gasteiger partial charge in [0.1, 0.15) is 0 Å². The molecule has 4 heteroatoms. The smallest absolute Gasteiger partial charge is 0.0701 e. The van der Waals surface area contributed by atoms with Crippen molar-refractivity contribution >= 4 is 33.0 Å². The van der Waals surface area contributed by atoms with Gasteiger partial charge in [-0.15, -0.1) is 11.3 Å². The maximum Gasteiger partial charge on any atom is 0.0701 e. The second-order valence-electron chi connectivity index (χ2n) is 3.94. The molecule has 1 aromatic heterocycles. The van der Waals surface area contributed by atoms with Gasteiger partial charge in [-0.05, 0) is 52.2 Å². The first-order valence-electron chi connectivity index (χ1n) is 5.45. The van der Waals surface area contributed by atoms with Gasteiger partial charge >= 0.3 is 0 Å². The molecule has 2 nitrogen and oxygen atoms in total. The van der Waals surface area contributed by atoms with Crippen LogP contribution in [-0.4, -0.2) is 0 Å². The van der Waals surface area contributed by atoms with E-state index in [9.17, 15) is 0 Å². The van der Waals surface area contributed by atoms with E-state index in [2.05, 4.69) is 46.4 Å². The van der Waals surface area contributed by atoms with Crippen molar-refractivity contribution < 1.29 is 0 Å². The Labute approximate surface area is 114 Å². The number of halogens is 1. The van der Waals surface area contributed by atoms with E-state index in [1.807, 2.05) is 12.1 Å². The van der Waals surface area contributed by atoms with Gasteiger partial charge < -0.3 is 11.1 Å². The predicted octanol–water partition coefficient (Wildman–Crippen LogP) is 3.69. The maximum absolute atomic E-state index is 5.87. The van der Waals surface area contributed by atoms with Crippen LogP contribution in [0.1, 0.15) is 16.0 Å². The summed E-state index contributed by atoms with van der Waals surface area (Å²) in [5.74, 6) is 0. The van der Waals surface area contributed by atoms with Gasteiger partial charge in [-0.25, -0.2) is 0 Å². The van der Waals surface area contributed by atoms with Crippen LogP contribution in [-0.2, 0) is 13.1 Å². The average Bonchev–Trinajstić information content (AvgIpc) is 2.70. The number of nitrogen functional groups attached to an aromatic ring is 1. The van der Waals surface area contributed by atoms with E-state index in [4.69, 9.17) is 5.73 Å². The number of hydrogen-bond acceptors (Lipinski definition) is 3.